The van der Waals surface area contributed by atoms with Gasteiger partial charge in [-0.25, -0.2) is 4.98 Å². The second kappa shape index (κ2) is 9.05. The summed E-state index contributed by atoms with van der Waals surface area (Å²) in [5.74, 6) is 0.872. The molecule has 3 heterocycles. The van der Waals surface area contributed by atoms with Crippen LogP contribution >= 0.6 is 11.6 Å². The molecule has 0 bridgehead atoms. The summed E-state index contributed by atoms with van der Waals surface area (Å²) in [6, 6.07) is 10.7. The van der Waals surface area contributed by atoms with E-state index < -0.39 is 0 Å². The number of piperidine rings is 1. The lowest BCUT2D eigenvalue weighted by Crippen LogP contribution is -2.33. The molecule has 5 heteroatoms. The van der Waals surface area contributed by atoms with E-state index in [1.54, 1.807) is 0 Å². The van der Waals surface area contributed by atoms with Gasteiger partial charge in [-0.05, 0) is 86.3 Å². The van der Waals surface area contributed by atoms with Crippen molar-refractivity contribution in [3.8, 4) is 0 Å². The van der Waals surface area contributed by atoms with Gasteiger partial charge in [0.25, 0.3) is 0 Å². The lowest BCUT2D eigenvalue weighted by molar-refractivity contribution is 0.206. The molecule has 0 saturated carbocycles. The SMILES string of the molecule is CN1CCC(C2c3ccc(Cl)cc3C=C(C/C=C/c3cn(C)cn3)c3cccnc32)CC1. The number of hydrogen-bond acceptors (Lipinski definition) is 3. The molecule has 0 spiro atoms. The zero-order valence-electron chi connectivity index (χ0n) is 18.7. The second-order valence-electron chi connectivity index (χ2n) is 9.07. The molecule has 4 nitrogen and oxygen atoms in total. The lowest BCUT2D eigenvalue weighted by atomic mass is 9.76. The van der Waals surface area contributed by atoms with Gasteiger partial charge in [0, 0.05) is 35.9 Å². The maximum absolute atomic E-state index is 6.45. The molecule has 0 amide bonds. The minimum atomic E-state index is 0.292. The van der Waals surface area contributed by atoms with E-state index in [1.807, 2.05) is 36.4 Å². The summed E-state index contributed by atoms with van der Waals surface area (Å²) in [6.07, 6.45) is 15.6. The van der Waals surface area contributed by atoms with E-state index in [9.17, 15) is 0 Å². The monoisotopic (exact) mass is 444 g/mol. The molecule has 5 rings (SSSR count). The van der Waals surface area contributed by atoms with Crippen LogP contribution < -0.4 is 0 Å². The third-order valence-corrected chi connectivity index (χ3v) is 7.01. The molecule has 1 aliphatic heterocycles. The van der Waals surface area contributed by atoms with Crippen LogP contribution in [-0.2, 0) is 7.05 Å². The first-order valence-electron chi connectivity index (χ1n) is 11.4. The number of imidazole rings is 1. The first-order chi connectivity index (χ1) is 15.6. The zero-order chi connectivity index (χ0) is 22.1. The number of pyridine rings is 1. The number of benzene rings is 1. The molecule has 3 aromatic rings. The maximum atomic E-state index is 6.45. The second-order valence-corrected chi connectivity index (χ2v) is 9.50. The van der Waals surface area contributed by atoms with Crippen LogP contribution in [0.1, 0.15) is 53.3 Å². The Labute approximate surface area is 195 Å². The van der Waals surface area contributed by atoms with Crippen molar-refractivity contribution in [2.45, 2.75) is 25.2 Å². The standard InChI is InChI=1S/C27H29ClN4/c1-31-13-10-19(11-14-31)26-24-9-8-22(28)16-21(24)15-20(25-7-4-12-29-27(25)26)5-3-6-23-17-32(2)18-30-23/h3-4,6-9,12,15-19,26H,5,10-11,13-14H2,1-2H3/b6-3+. The minimum absolute atomic E-state index is 0.292. The summed E-state index contributed by atoms with van der Waals surface area (Å²) in [5, 5.41) is 0.782. The van der Waals surface area contributed by atoms with Gasteiger partial charge in [0.1, 0.15) is 0 Å². The van der Waals surface area contributed by atoms with E-state index in [-0.39, 0.29) is 0 Å². The van der Waals surface area contributed by atoms with E-state index in [0.29, 0.717) is 11.8 Å². The summed E-state index contributed by atoms with van der Waals surface area (Å²) in [5.41, 5.74) is 7.29. The first kappa shape index (κ1) is 21.2. The van der Waals surface area contributed by atoms with Gasteiger partial charge in [0.2, 0.25) is 0 Å². The van der Waals surface area contributed by atoms with Crippen LogP contribution in [0, 0.1) is 5.92 Å². The number of halogens is 1. The van der Waals surface area contributed by atoms with Crippen molar-refractivity contribution in [1.29, 1.82) is 0 Å². The highest BCUT2D eigenvalue weighted by Crippen LogP contribution is 2.45. The smallest absolute Gasteiger partial charge is 0.0950 e. The van der Waals surface area contributed by atoms with Gasteiger partial charge in [-0.2, -0.15) is 0 Å². The zero-order valence-corrected chi connectivity index (χ0v) is 19.5. The summed E-state index contributed by atoms with van der Waals surface area (Å²) in [7, 11) is 4.21. The van der Waals surface area contributed by atoms with E-state index in [4.69, 9.17) is 16.6 Å². The Hall–Kier alpha value is -2.69. The van der Waals surface area contributed by atoms with Gasteiger partial charge >= 0.3 is 0 Å². The Balaban J connectivity index is 1.57. The van der Waals surface area contributed by atoms with Gasteiger partial charge in [0.05, 0.1) is 17.7 Å². The molecule has 1 fully saturated rings. The average Bonchev–Trinajstić information content (AvgIpc) is 3.15. The highest BCUT2D eigenvalue weighted by atomic mass is 35.5. The van der Waals surface area contributed by atoms with Gasteiger partial charge in [-0.15, -0.1) is 0 Å². The molecule has 32 heavy (non-hydrogen) atoms. The normalized spacial score (nSPS) is 19.5. The molecule has 2 aromatic heterocycles. The van der Waals surface area contributed by atoms with Crippen molar-refractivity contribution < 1.29 is 0 Å². The quantitative estimate of drug-likeness (QED) is 0.502. The summed E-state index contributed by atoms with van der Waals surface area (Å²) >= 11 is 6.45. The highest BCUT2D eigenvalue weighted by Gasteiger charge is 2.33. The van der Waals surface area contributed by atoms with Crippen LogP contribution in [-0.4, -0.2) is 39.6 Å². The van der Waals surface area contributed by atoms with Crippen LogP contribution in [0.5, 0.6) is 0 Å². The molecule has 1 saturated heterocycles. The molecule has 2 aliphatic rings. The minimum Gasteiger partial charge on any atom is -0.340 e. The van der Waals surface area contributed by atoms with Gasteiger partial charge in [-0.3, -0.25) is 4.98 Å². The molecule has 1 aromatic carbocycles. The van der Waals surface area contributed by atoms with Crippen molar-refractivity contribution in [3.63, 3.8) is 0 Å². The first-order valence-corrected chi connectivity index (χ1v) is 11.7. The van der Waals surface area contributed by atoms with Crippen molar-refractivity contribution in [2.24, 2.45) is 13.0 Å². The summed E-state index contributed by atoms with van der Waals surface area (Å²) < 4.78 is 1.97. The number of aromatic nitrogens is 3. The van der Waals surface area contributed by atoms with Crippen molar-refractivity contribution in [1.82, 2.24) is 19.4 Å². The number of nitrogens with zero attached hydrogens (tertiary/aromatic N) is 4. The third-order valence-electron chi connectivity index (χ3n) is 6.78. The van der Waals surface area contributed by atoms with Crippen LogP contribution in [0.15, 0.2) is 55.1 Å². The molecule has 0 N–H and O–H groups in total. The van der Waals surface area contributed by atoms with Crippen LogP contribution in [0.3, 0.4) is 0 Å². The van der Waals surface area contributed by atoms with Crippen LogP contribution in [0.25, 0.3) is 17.7 Å². The Bertz CT molecular complexity index is 1170. The number of aryl methyl sites for hydroxylation is 1. The number of allylic oxidation sites excluding steroid dienone is 2. The Kier molecular flexibility index (Phi) is 5.99. The largest absolute Gasteiger partial charge is 0.340 e. The fraction of sp³-hybridized carbons (Fsp3) is 0.333. The van der Waals surface area contributed by atoms with Crippen molar-refractivity contribution in [3.05, 3.63) is 88.2 Å². The van der Waals surface area contributed by atoms with Crippen LogP contribution in [0.2, 0.25) is 5.02 Å². The number of rotatable bonds is 4. The summed E-state index contributed by atoms with van der Waals surface area (Å²) in [4.78, 5) is 11.8. The molecule has 164 valence electrons. The van der Waals surface area contributed by atoms with Crippen molar-refractivity contribution in [2.75, 3.05) is 20.1 Å². The van der Waals surface area contributed by atoms with Gasteiger partial charge in [-0.1, -0.05) is 35.9 Å². The Morgan fingerprint density at radius 2 is 1.97 bits per heavy atom. The Morgan fingerprint density at radius 1 is 1.12 bits per heavy atom. The Morgan fingerprint density at radius 3 is 2.75 bits per heavy atom. The lowest BCUT2D eigenvalue weighted by Gasteiger charge is -2.35. The number of likely N-dealkylation sites (tertiary alicyclic amines) is 1. The van der Waals surface area contributed by atoms with Gasteiger partial charge in [0.15, 0.2) is 0 Å². The van der Waals surface area contributed by atoms with E-state index in [2.05, 4.69) is 59.4 Å². The molecule has 1 aliphatic carbocycles. The molecule has 1 unspecified atom stereocenters. The molecular weight excluding hydrogens is 416 g/mol. The number of fused-ring (bicyclic) bond motifs is 2. The number of hydrogen-bond donors (Lipinski definition) is 0. The van der Waals surface area contributed by atoms with E-state index in [1.165, 1.54) is 40.8 Å². The maximum Gasteiger partial charge on any atom is 0.0950 e. The highest BCUT2D eigenvalue weighted by molar-refractivity contribution is 6.30. The van der Waals surface area contributed by atoms with Gasteiger partial charge < -0.3 is 9.47 Å². The van der Waals surface area contributed by atoms with E-state index in [0.717, 1.165) is 30.2 Å². The predicted molar refractivity (Wildman–Crippen MR) is 132 cm³/mol. The molecule has 1 atom stereocenters. The molecule has 0 radical (unpaired) electrons. The predicted octanol–water partition coefficient (Wildman–Crippen LogP) is 5.90. The van der Waals surface area contributed by atoms with Crippen molar-refractivity contribution >= 4 is 29.3 Å². The molecular formula is C27H29ClN4. The summed E-state index contributed by atoms with van der Waals surface area (Å²) in [6.45, 7) is 2.28. The third kappa shape index (κ3) is 4.30. The topological polar surface area (TPSA) is 34.0 Å². The fourth-order valence-electron chi connectivity index (χ4n) is 5.14. The average molecular weight is 445 g/mol. The van der Waals surface area contributed by atoms with E-state index >= 15 is 0 Å². The fourth-order valence-corrected chi connectivity index (χ4v) is 5.32. The van der Waals surface area contributed by atoms with Crippen LogP contribution in [0.4, 0.5) is 0 Å².